The summed E-state index contributed by atoms with van der Waals surface area (Å²) in [7, 11) is -12.0. The van der Waals surface area contributed by atoms with Crippen molar-refractivity contribution in [2.24, 2.45) is 0 Å². The molecule has 616 valence electrons. The van der Waals surface area contributed by atoms with E-state index in [-0.39, 0.29) is 143 Å². The minimum atomic E-state index is -4.53. The number of hydrogen-bond acceptors (Lipinski definition) is 26. The molecule has 6 atom stereocenters. The van der Waals surface area contributed by atoms with Crippen LogP contribution in [0.1, 0.15) is 162 Å². The fraction of sp³-hybridized carbons (Fsp3) is 0.395. The van der Waals surface area contributed by atoms with Gasteiger partial charge in [0.15, 0.2) is 0 Å². The molecule has 0 saturated carbocycles. The number of carboxylic acids is 2. The van der Waals surface area contributed by atoms with Gasteiger partial charge in [-0.05, 0) is 121 Å². The summed E-state index contributed by atoms with van der Waals surface area (Å²) in [5, 5.41) is 86.5. The Labute approximate surface area is 695 Å². The van der Waals surface area contributed by atoms with Gasteiger partial charge < -0.3 is 50.4 Å². The van der Waals surface area contributed by atoms with Crippen molar-refractivity contribution in [3.8, 4) is 45.0 Å². The van der Waals surface area contributed by atoms with Crippen LogP contribution in [0.2, 0.25) is 0 Å². The third kappa shape index (κ3) is 25.2. The maximum atomic E-state index is 14.2. The van der Waals surface area contributed by atoms with E-state index in [4.69, 9.17) is 0 Å². The zero-order chi connectivity index (χ0) is 85.1. The van der Waals surface area contributed by atoms with Crippen molar-refractivity contribution in [2.45, 2.75) is 141 Å². The third-order valence-electron chi connectivity index (χ3n) is 17.7. The summed E-state index contributed by atoms with van der Waals surface area (Å²) in [6, 6.07) is 20.3. The molecular weight excluding hydrogens is 1610 g/mol. The first-order chi connectivity index (χ1) is 53.0. The maximum absolute atomic E-state index is 14.2. The molecule has 8 rings (SSSR count). The molecule has 0 aliphatic carbocycles. The Morgan fingerprint density at radius 3 is 0.870 bits per heavy atom. The smallest absolute Gasteiger partial charge is 0.550 e. The van der Waals surface area contributed by atoms with E-state index in [2.05, 4.69) is 39.9 Å². The number of halogens is 4. The van der Waals surface area contributed by atoms with Gasteiger partial charge >= 0.3 is 37.7 Å². The minimum Gasteiger partial charge on any atom is -0.550 e. The molecule has 0 spiro atoms. The quantitative estimate of drug-likeness (QED) is 0.0193. The monoisotopic (exact) mass is 1700 g/mol. The van der Waals surface area contributed by atoms with Crippen LogP contribution in [0.15, 0.2) is 109 Å². The second-order valence-corrected chi connectivity index (χ2v) is 36.2. The van der Waals surface area contributed by atoms with Crippen molar-refractivity contribution in [2.75, 3.05) is 69.4 Å². The number of nitrogens with zero attached hydrogens (tertiary/aromatic N) is 12. The van der Waals surface area contributed by atoms with Crippen LogP contribution in [0.3, 0.4) is 0 Å². The zero-order valence-electron chi connectivity index (χ0n) is 65.4. The molecule has 115 heavy (non-hydrogen) atoms. The summed E-state index contributed by atoms with van der Waals surface area (Å²) in [6.07, 6.45) is -3.74. The molecule has 4 aromatic heterocycles. The molecule has 0 bridgehead atoms. The van der Waals surface area contributed by atoms with Crippen LogP contribution in [0.5, 0.6) is 0 Å². The number of sulfonamides is 4. The van der Waals surface area contributed by atoms with Gasteiger partial charge in [-0.1, -0.05) is 79.7 Å². The first-order valence-electron chi connectivity index (χ1n) is 35.4. The second kappa shape index (κ2) is 40.0. The Hall–Kier alpha value is -8.64. The number of anilines is 4. The number of carboxylic acid groups (broad SMARTS) is 2. The fourth-order valence-electron chi connectivity index (χ4n) is 11.5. The van der Waals surface area contributed by atoms with E-state index in [0.29, 0.717) is 33.6 Å². The van der Waals surface area contributed by atoms with Gasteiger partial charge in [0.25, 0.3) is 0 Å². The number of hydrogen-bond donors (Lipinski definition) is 6. The number of aliphatic hydroxyl groups is 6. The first kappa shape index (κ1) is 95.2. The topological polar surface area (TPSA) is 454 Å². The normalized spacial score (nSPS) is 13.8. The number of rotatable bonds is 34. The van der Waals surface area contributed by atoms with E-state index in [1.54, 1.807) is 55.4 Å². The SMILES string of the molecule is CC(C)c1nc(N(C)S(=O)(=O)CC(O)c2c(-c3ccc(F)cc3)nc(N(C)S(C)(=O)=O)nc2C(C)C)nc(-c2ccc(F)cc2)c1/C=C/[C@@H](O)C[C@@H](O)CC(=O)[O-].CC(C)c1nc(N(C)S(=O)(=O)CC(O)c2c(-c3ccc(F)cc3)nc(N(C)S(C)(=O)=O)nc2C(C)C)nc(-c2ccc(F)cc2)c1/C=C/[C@@H](O)C[C@@H](O)CC(=O)[O-].[Ca+2]. The van der Waals surface area contributed by atoms with E-state index >= 15 is 0 Å². The second-order valence-electron chi connectivity index (χ2n) is 28.1. The van der Waals surface area contributed by atoms with Crippen molar-refractivity contribution in [3.63, 3.8) is 0 Å². The molecule has 39 heteroatoms. The Morgan fingerprint density at radius 2 is 0.626 bits per heavy atom. The van der Waals surface area contributed by atoms with Crippen LogP contribution >= 0.6 is 0 Å². The molecule has 2 unspecified atom stereocenters. The van der Waals surface area contributed by atoms with Crippen LogP contribution in [0.25, 0.3) is 57.2 Å². The summed E-state index contributed by atoms with van der Waals surface area (Å²) in [6.45, 7) is 13.9. The average molecular weight is 1700 g/mol. The van der Waals surface area contributed by atoms with Crippen LogP contribution in [0, 0.1) is 23.3 Å². The van der Waals surface area contributed by atoms with E-state index in [1.807, 2.05) is 0 Å². The first-order valence-corrected chi connectivity index (χ1v) is 42.3. The van der Waals surface area contributed by atoms with Gasteiger partial charge in [0.1, 0.15) is 23.3 Å². The van der Waals surface area contributed by atoms with Crippen molar-refractivity contribution in [1.29, 1.82) is 0 Å². The molecular formula is C76H90CaF4N12O18S4. The van der Waals surface area contributed by atoms with E-state index in [1.165, 1.54) is 125 Å². The molecule has 8 aromatic rings. The van der Waals surface area contributed by atoms with Gasteiger partial charge in [-0.3, -0.25) is 0 Å². The van der Waals surface area contributed by atoms with Crippen LogP contribution in [0.4, 0.5) is 41.4 Å². The van der Waals surface area contributed by atoms with E-state index < -0.39 is 148 Å². The number of aromatic nitrogens is 8. The van der Waals surface area contributed by atoms with Gasteiger partial charge in [-0.2, -0.15) is 0 Å². The molecule has 4 heterocycles. The molecule has 6 N–H and O–H groups in total. The van der Waals surface area contributed by atoms with Crippen molar-refractivity contribution in [3.05, 3.63) is 178 Å². The van der Waals surface area contributed by atoms with E-state index in [9.17, 15) is 102 Å². The number of carbonyl (C=O) groups is 2. The molecule has 30 nitrogen and oxygen atoms in total. The molecule has 0 aliphatic rings. The summed E-state index contributed by atoms with van der Waals surface area (Å²) < 4.78 is 166. The predicted molar refractivity (Wildman–Crippen MR) is 423 cm³/mol. The number of carbonyl (C=O) groups excluding carboxylic acids is 2. The van der Waals surface area contributed by atoms with Crippen molar-refractivity contribution >= 4 is 126 Å². The Balaban J connectivity index is 0.000000355. The molecule has 0 fully saturated rings. The third-order valence-corrected chi connectivity index (χ3v) is 23.5. The predicted octanol–water partition coefficient (Wildman–Crippen LogP) is 6.19. The van der Waals surface area contributed by atoms with E-state index in [0.717, 1.165) is 54.0 Å². The average Bonchev–Trinajstić information content (AvgIpc) is 0.775. The molecule has 0 saturated heterocycles. The van der Waals surface area contributed by atoms with Gasteiger partial charge in [-0.15, -0.1) is 0 Å². The van der Waals surface area contributed by atoms with Gasteiger partial charge in [0.05, 0.1) is 106 Å². The molecule has 4 aromatic carbocycles. The summed E-state index contributed by atoms with van der Waals surface area (Å²) in [4.78, 5) is 57.7. The van der Waals surface area contributed by atoms with Gasteiger partial charge in [0.2, 0.25) is 63.9 Å². The number of aliphatic carboxylic acids is 2. The molecule has 0 amide bonds. The standard InChI is InChI=1S/2C38H46F2N6O9S2.Ca/c2*1-21(2)33-29(17-16-27(47)18-28(48)19-31(50)51)35(23-8-12-25(39)13-9-23)43-38(41-33)46(6)57(54,55)20-30(49)32-34(22(3)4)42-37(45(5)56(7,52)53)44-36(32)24-10-14-26(40)15-11-24;/h2*8-17,21-22,27-28,30,47-49H,18-20H2,1-7H3,(H,50,51);/q;;+2/p-2/b2*17-16+;/t2*27-,28-,30?;/m11./s1. The van der Waals surface area contributed by atoms with Gasteiger partial charge in [0, 0.05) is 110 Å². The van der Waals surface area contributed by atoms with Crippen LogP contribution in [-0.2, 0) is 49.7 Å². The number of benzene rings is 4. The van der Waals surface area contributed by atoms with Crippen molar-refractivity contribution < 1.29 is 102 Å². The maximum Gasteiger partial charge on any atom is 2.00 e. The largest absolute Gasteiger partial charge is 2.00 e. The Kier molecular flexibility index (Phi) is 33.1. The van der Waals surface area contributed by atoms with Crippen molar-refractivity contribution in [1.82, 2.24) is 39.9 Å². The molecule has 0 radical (unpaired) electrons. The van der Waals surface area contributed by atoms with Crippen LogP contribution in [-0.4, -0.2) is 230 Å². The number of aliphatic hydroxyl groups excluding tert-OH is 6. The summed E-state index contributed by atoms with van der Waals surface area (Å²) in [5.41, 5.74) is 2.92. The van der Waals surface area contributed by atoms with Crippen LogP contribution < -0.4 is 27.4 Å². The fourth-order valence-corrected chi connectivity index (χ4v) is 14.5. The molecule has 0 aliphatic heterocycles. The Bertz CT molecular complexity index is 4990. The zero-order valence-corrected chi connectivity index (χ0v) is 70.8. The Morgan fingerprint density at radius 1 is 0.391 bits per heavy atom. The summed E-state index contributed by atoms with van der Waals surface area (Å²) in [5.74, 6) is -10.1. The van der Waals surface area contributed by atoms with Gasteiger partial charge in [-0.25, -0.2) is 108 Å². The summed E-state index contributed by atoms with van der Waals surface area (Å²) >= 11 is 0. The minimum absolute atomic E-state index is 0.